The van der Waals surface area contributed by atoms with Crippen LogP contribution in [0.2, 0.25) is 0 Å². The van der Waals surface area contributed by atoms with E-state index in [1.165, 1.54) is 12.1 Å². The molecule has 2 amide bonds. The van der Waals surface area contributed by atoms with Gasteiger partial charge < -0.3 is 15.7 Å². The Morgan fingerprint density at radius 1 is 1.08 bits per heavy atom. The number of hydrogen-bond donors (Lipinski definition) is 3. The number of alkyl halides is 1. The number of amides is 2. The first-order chi connectivity index (χ1) is 12.5. The molecule has 1 atom stereocenters. The van der Waals surface area contributed by atoms with Gasteiger partial charge >= 0.3 is 0 Å². The van der Waals surface area contributed by atoms with Gasteiger partial charge in [0.2, 0.25) is 5.91 Å². The molecule has 0 aliphatic carbocycles. The van der Waals surface area contributed by atoms with Crippen LogP contribution in [0.5, 0.6) is 5.75 Å². The molecule has 0 spiro atoms. The van der Waals surface area contributed by atoms with E-state index < -0.39 is 17.9 Å². The maximum absolute atomic E-state index is 12.4. The normalized spacial score (nSPS) is 11.2. The van der Waals surface area contributed by atoms with Crippen LogP contribution in [0.3, 0.4) is 0 Å². The van der Waals surface area contributed by atoms with Crippen molar-refractivity contribution >= 4 is 23.4 Å². The van der Waals surface area contributed by atoms with Crippen molar-refractivity contribution in [3.05, 3.63) is 65.2 Å². The van der Waals surface area contributed by atoms with Crippen molar-refractivity contribution in [1.29, 1.82) is 5.26 Å². The molecule has 0 aromatic heterocycles. The predicted molar refractivity (Wildman–Crippen MR) is 97.7 cm³/mol. The van der Waals surface area contributed by atoms with Crippen LogP contribution in [0, 0.1) is 11.3 Å². The zero-order valence-electron chi connectivity index (χ0n) is 13.9. The van der Waals surface area contributed by atoms with Crippen molar-refractivity contribution in [1.82, 2.24) is 10.6 Å². The van der Waals surface area contributed by atoms with E-state index in [9.17, 15) is 14.7 Å². The van der Waals surface area contributed by atoms with Crippen LogP contribution in [0.25, 0.3) is 0 Å². The van der Waals surface area contributed by atoms with Gasteiger partial charge in [-0.25, -0.2) is 0 Å². The molecule has 0 radical (unpaired) electrons. The summed E-state index contributed by atoms with van der Waals surface area (Å²) in [4.78, 5) is 24.7. The lowest BCUT2D eigenvalue weighted by Gasteiger charge is -2.18. The first-order valence-electron chi connectivity index (χ1n) is 7.92. The van der Waals surface area contributed by atoms with Crippen LogP contribution >= 0.6 is 11.6 Å². The van der Waals surface area contributed by atoms with Gasteiger partial charge in [-0.3, -0.25) is 9.59 Å². The van der Waals surface area contributed by atoms with E-state index >= 15 is 0 Å². The molecule has 2 aromatic carbocycles. The molecule has 0 heterocycles. The molecule has 0 fully saturated rings. The van der Waals surface area contributed by atoms with Crippen molar-refractivity contribution in [3.63, 3.8) is 0 Å². The molecule has 6 nitrogen and oxygen atoms in total. The Labute approximate surface area is 156 Å². The Balaban J connectivity index is 2.13. The highest BCUT2D eigenvalue weighted by Crippen LogP contribution is 2.12. The van der Waals surface area contributed by atoms with Gasteiger partial charge in [-0.15, -0.1) is 11.6 Å². The zero-order valence-corrected chi connectivity index (χ0v) is 14.7. The lowest BCUT2D eigenvalue weighted by Crippen LogP contribution is -2.48. The summed E-state index contributed by atoms with van der Waals surface area (Å²) in [6.45, 7) is -0.148. The minimum atomic E-state index is -0.854. The van der Waals surface area contributed by atoms with Gasteiger partial charge in [-0.1, -0.05) is 24.3 Å². The Hall–Kier alpha value is -3.04. The SMILES string of the molecule is N#CCNC(=O)C(Cc1ccc(O)cc1)NC(=O)c1ccc(CCl)cc1. The highest BCUT2D eigenvalue weighted by molar-refractivity contribution is 6.17. The van der Waals surface area contributed by atoms with E-state index in [0.29, 0.717) is 11.4 Å². The molecule has 0 saturated carbocycles. The number of benzene rings is 2. The van der Waals surface area contributed by atoms with Gasteiger partial charge in [-0.05, 0) is 35.4 Å². The Morgan fingerprint density at radius 3 is 2.27 bits per heavy atom. The van der Waals surface area contributed by atoms with Crippen LogP contribution < -0.4 is 10.6 Å². The van der Waals surface area contributed by atoms with Crippen molar-refractivity contribution in [2.24, 2.45) is 0 Å². The van der Waals surface area contributed by atoms with Crippen LogP contribution in [0.4, 0.5) is 0 Å². The van der Waals surface area contributed by atoms with E-state index in [0.717, 1.165) is 11.1 Å². The summed E-state index contributed by atoms with van der Waals surface area (Å²) in [5, 5.41) is 23.1. The summed E-state index contributed by atoms with van der Waals surface area (Å²) in [6.07, 6.45) is 0.225. The van der Waals surface area contributed by atoms with Crippen LogP contribution in [-0.2, 0) is 17.1 Å². The molecule has 0 saturated heterocycles. The van der Waals surface area contributed by atoms with Crippen molar-refractivity contribution in [2.75, 3.05) is 6.54 Å². The van der Waals surface area contributed by atoms with Crippen molar-refractivity contribution < 1.29 is 14.7 Å². The van der Waals surface area contributed by atoms with Gasteiger partial charge in [0.1, 0.15) is 18.3 Å². The molecule has 2 aromatic rings. The number of phenolic OH excluding ortho intramolecular Hbond substituents is 1. The smallest absolute Gasteiger partial charge is 0.251 e. The third-order valence-electron chi connectivity index (χ3n) is 3.71. The Kier molecular flexibility index (Phi) is 7.01. The van der Waals surface area contributed by atoms with Crippen LogP contribution in [-0.4, -0.2) is 29.5 Å². The Bertz CT molecular complexity index is 798. The van der Waals surface area contributed by atoms with E-state index in [1.54, 1.807) is 36.4 Å². The minimum absolute atomic E-state index is 0.114. The van der Waals surface area contributed by atoms with Crippen LogP contribution in [0.15, 0.2) is 48.5 Å². The largest absolute Gasteiger partial charge is 0.508 e. The third kappa shape index (κ3) is 5.50. The molecule has 1 unspecified atom stereocenters. The number of nitrogens with zero attached hydrogens (tertiary/aromatic N) is 1. The van der Waals surface area contributed by atoms with Gasteiger partial charge in [-0.2, -0.15) is 5.26 Å². The highest BCUT2D eigenvalue weighted by atomic mass is 35.5. The monoisotopic (exact) mass is 371 g/mol. The molecule has 0 bridgehead atoms. The maximum atomic E-state index is 12.4. The topological polar surface area (TPSA) is 102 Å². The predicted octanol–water partition coefficient (Wildman–Crippen LogP) is 2.11. The first-order valence-corrected chi connectivity index (χ1v) is 8.45. The van der Waals surface area contributed by atoms with E-state index in [4.69, 9.17) is 16.9 Å². The molecule has 26 heavy (non-hydrogen) atoms. The molecular formula is C19H18ClN3O3. The second kappa shape index (κ2) is 9.44. The molecular weight excluding hydrogens is 354 g/mol. The number of carbonyl (C=O) groups excluding carboxylic acids is 2. The highest BCUT2D eigenvalue weighted by Gasteiger charge is 2.21. The number of rotatable bonds is 7. The van der Waals surface area contributed by atoms with E-state index in [1.807, 2.05) is 6.07 Å². The Morgan fingerprint density at radius 2 is 1.69 bits per heavy atom. The lowest BCUT2D eigenvalue weighted by molar-refractivity contribution is -0.122. The second-order valence-corrected chi connectivity index (χ2v) is 5.87. The first kappa shape index (κ1) is 19.3. The average Bonchev–Trinajstić information content (AvgIpc) is 2.67. The summed E-state index contributed by atoms with van der Waals surface area (Å²) in [5.74, 6) is -0.392. The fraction of sp³-hybridized carbons (Fsp3) is 0.211. The number of hydrogen-bond acceptors (Lipinski definition) is 4. The number of phenols is 1. The lowest BCUT2D eigenvalue weighted by atomic mass is 10.0. The van der Waals surface area contributed by atoms with Gasteiger partial charge in [0.15, 0.2) is 0 Å². The zero-order chi connectivity index (χ0) is 18.9. The van der Waals surface area contributed by atoms with Gasteiger partial charge in [0, 0.05) is 17.9 Å². The minimum Gasteiger partial charge on any atom is -0.508 e. The number of nitrogens with one attached hydrogen (secondary N) is 2. The fourth-order valence-corrected chi connectivity index (χ4v) is 2.49. The number of halogens is 1. The summed E-state index contributed by atoms with van der Waals surface area (Å²) < 4.78 is 0. The van der Waals surface area contributed by atoms with Gasteiger partial charge in [0.25, 0.3) is 5.91 Å². The standard InChI is InChI=1S/C19H18ClN3O3/c20-12-14-1-5-15(6-2-14)18(25)23-17(19(26)22-10-9-21)11-13-3-7-16(24)8-4-13/h1-8,17,24H,10-12H2,(H,22,26)(H,23,25). The summed E-state index contributed by atoms with van der Waals surface area (Å²) in [7, 11) is 0. The van der Waals surface area contributed by atoms with Crippen molar-refractivity contribution in [2.45, 2.75) is 18.3 Å². The van der Waals surface area contributed by atoms with Gasteiger partial charge in [0.05, 0.1) is 6.07 Å². The number of aromatic hydroxyl groups is 1. The summed E-state index contributed by atoms with van der Waals surface area (Å²) in [6, 6.07) is 14.1. The average molecular weight is 372 g/mol. The summed E-state index contributed by atoms with van der Waals surface area (Å²) in [5.41, 5.74) is 2.05. The number of carbonyl (C=O) groups is 2. The third-order valence-corrected chi connectivity index (χ3v) is 4.02. The molecule has 3 N–H and O–H groups in total. The molecule has 134 valence electrons. The van der Waals surface area contributed by atoms with Crippen molar-refractivity contribution in [3.8, 4) is 11.8 Å². The fourth-order valence-electron chi connectivity index (χ4n) is 2.31. The van der Waals surface area contributed by atoms with E-state index in [2.05, 4.69) is 10.6 Å². The summed E-state index contributed by atoms with van der Waals surface area (Å²) >= 11 is 5.74. The molecule has 7 heteroatoms. The second-order valence-electron chi connectivity index (χ2n) is 5.60. The molecule has 2 rings (SSSR count). The van der Waals surface area contributed by atoms with E-state index in [-0.39, 0.29) is 18.7 Å². The number of nitriles is 1. The van der Waals surface area contributed by atoms with Crippen LogP contribution in [0.1, 0.15) is 21.5 Å². The molecule has 0 aliphatic heterocycles. The quantitative estimate of drug-likeness (QED) is 0.512. The maximum Gasteiger partial charge on any atom is 0.251 e. The molecule has 0 aliphatic rings.